The van der Waals surface area contributed by atoms with Crippen LogP contribution in [0, 0.1) is 19.8 Å². The number of carbonyl (C=O) groups excluding carboxylic acids is 1. The molecule has 2 aliphatic rings. The molecule has 180 valence electrons. The van der Waals surface area contributed by atoms with Crippen molar-refractivity contribution in [1.82, 2.24) is 23.8 Å². The van der Waals surface area contributed by atoms with Crippen molar-refractivity contribution in [1.29, 1.82) is 0 Å². The average molecular weight is 482 g/mol. The van der Waals surface area contributed by atoms with E-state index in [1.54, 1.807) is 12.1 Å². The van der Waals surface area contributed by atoms with E-state index < -0.39 is 10.0 Å². The van der Waals surface area contributed by atoms with E-state index in [0.29, 0.717) is 37.4 Å². The van der Waals surface area contributed by atoms with Gasteiger partial charge >= 0.3 is 0 Å². The standard InChI is InChI=1S/C25H31N5O3S/c1-18-8-9-22(16-19(18)2)34(32,33)29-14-10-20(11-15-29)25(31)28-12-5-6-21(17-28)24-27-26-23-7-3-4-13-30(23)24/h3-4,7-9,13,16,20-21H,5-6,10-12,14-15,17H2,1-2H3. The van der Waals surface area contributed by atoms with E-state index >= 15 is 0 Å². The number of benzene rings is 1. The highest BCUT2D eigenvalue weighted by Gasteiger charge is 2.36. The van der Waals surface area contributed by atoms with Gasteiger partial charge in [0, 0.05) is 44.2 Å². The lowest BCUT2D eigenvalue weighted by Crippen LogP contribution is -2.47. The zero-order valence-corrected chi connectivity index (χ0v) is 20.5. The van der Waals surface area contributed by atoms with Crippen LogP contribution in [0.1, 0.15) is 48.6 Å². The number of hydrogen-bond donors (Lipinski definition) is 0. The SMILES string of the molecule is Cc1ccc(S(=O)(=O)N2CCC(C(=O)N3CCCC(c4nnc5ccccn45)C3)CC2)cc1C. The molecule has 2 aliphatic heterocycles. The first-order chi connectivity index (χ1) is 16.3. The van der Waals surface area contributed by atoms with Gasteiger partial charge in [-0.15, -0.1) is 10.2 Å². The minimum absolute atomic E-state index is 0.139. The molecule has 4 heterocycles. The molecule has 3 aromatic rings. The van der Waals surface area contributed by atoms with Crippen molar-refractivity contribution in [3.8, 4) is 0 Å². The quantitative estimate of drug-likeness (QED) is 0.571. The molecule has 0 N–H and O–H groups in total. The molecule has 0 saturated carbocycles. The Balaban J connectivity index is 1.23. The first-order valence-corrected chi connectivity index (χ1v) is 13.4. The molecule has 0 bridgehead atoms. The van der Waals surface area contributed by atoms with Crippen LogP contribution in [-0.4, -0.2) is 64.3 Å². The van der Waals surface area contributed by atoms with Gasteiger partial charge in [0.15, 0.2) is 5.65 Å². The van der Waals surface area contributed by atoms with Crippen LogP contribution in [0.25, 0.3) is 5.65 Å². The van der Waals surface area contributed by atoms with Gasteiger partial charge in [0.25, 0.3) is 0 Å². The third-order valence-electron chi connectivity index (χ3n) is 7.36. The van der Waals surface area contributed by atoms with Gasteiger partial charge < -0.3 is 4.90 Å². The molecule has 34 heavy (non-hydrogen) atoms. The number of piperidine rings is 2. The number of likely N-dealkylation sites (tertiary alicyclic amines) is 1. The summed E-state index contributed by atoms with van der Waals surface area (Å²) in [5.41, 5.74) is 2.85. The molecular weight excluding hydrogens is 450 g/mol. The number of carbonyl (C=O) groups is 1. The number of fused-ring (bicyclic) bond motifs is 1. The fourth-order valence-corrected chi connectivity index (χ4v) is 6.71. The number of amides is 1. The monoisotopic (exact) mass is 481 g/mol. The molecule has 1 unspecified atom stereocenters. The summed E-state index contributed by atoms with van der Waals surface area (Å²) in [4.78, 5) is 15.6. The first kappa shape index (κ1) is 23.0. The number of sulfonamides is 1. The van der Waals surface area contributed by atoms with E-state index in [2.05, 4.69) is 10.2 Å². The van der Waals surface area contributed by atoms with Gasteiger partial charge in [0.2, 0.25) is 15.9 Å². The molecular formula is C25H31N5O3S. The number of pyridine rings is 1. The van der Waals surface area contributed by atoms with Crippen LogP contribution in [0.3, 0.4) is 0 Å². The molecule has 2 aromatic heterocycles. The van der Waals surface area contributed by atoms with Crippen LogP contribution in [0.2, 0.25) is 0 Å². The summed E-state index contributed by atoms with van der Waals surface area (Å²) >= 11 is 0. The fourth-order valence-electron chi connectivity index (χ4n) is 5.15. The van der Waals surface area contributed by atoms with Crippen LogP contribution in [0.15, 0.2) is 47.5 Å². The lowest BCUT2D eigenvalue weighted by molar-refractivity contribution is -0.138. The maximum absolute atomic E-state index is 13.4. The normalized spacial score (nSPS) is 20.6. The highest BCUT2D eigenvalue weighted by Crippen LogP contribution is 2.30. The third-order valence-corrected chi connectivity index (χ3v) is 9.25. The van der Waals surface area contributed by atoms with E-state index in [4.69, 9.17) is 0 Å². The first-order valence-electron chi connectivity index (χ1n) is 12.0. The molecule has 2 fully saturated rings. The lowest BCUT2D eigenvalue weighted by Gasteiger charge is -2.37. The summed E-state index contributed by atoms with van der Waals surface area (Å²) in [6, 6.07) is 11.1. The Morgan fingerprint density at radius 3 is 2.53 bits per heavy atom. The Kier molecular flexibility index (Phi) is 6.16. The Morgan fingerprint density at radius 1 is 0.971 bits per heavy atom. The molecule has 5 rings (SSSR count). The van der Waals surface area contributed by atoms with Gasteiger partial charge in [0.1, 0.15) is 5.82 Å². The summed E-state index contributed by atoms with van der Waals surface area (Å²) in [5.74, 6) is 1.06. The van der Waals surface area contributed by atoms with Crippen molar-refractivity contribution in [3.63, 3.8) is 0 Å². The number of aryl methyl sites for hydroxylation is 2. The van der Waals surface area contributed by atoms with Crippen LogP contribution < -0.4 is 0 Å². The molecule has 1 atom stereocenters. The highest BCUT2D eigenvalue weighted by atomic mass is 32.2. The summed E-state index contributed by atoms with van der Waals surface area (Å²) in [5, 5.41) is 8.67. The van der Waals surface area contributed by atoms with Gasteiger partial charge in [-0.2, -0.15) is 4.31 Å². The fraction of sp³-hybridized carbons (Fsp3) is 0.480. The third kappa shape index (κ3) is 4.22. The second kappa shape index (κ2) is 9.11. The minimum Gasteiger partial charge on any atom is -0.342 e. The number of aromatic nitrogens is 3. The van der Waals surface area contributed by atoms with Crippen molar-refractivity contribution in [2.45, 2.75) is 50.3 Å². The Bertz CT molecular complexity index is 1310. The van der Waals surface area contributed by atoms with Gasteiger partial charge in [0.05, 0.1) is 4.90 Å². The van der Waals surface area contributed by atoms with E-state index in [-0.39, 0.29) is 17.7 Å². The minimum atomic E-state index is -3.54. The van der Waals surface area contributed by atoms with Crippen molar-refractivity contribution < 1.29 is 13.2 Å². The highest BCUT2D eigenvalue weighted by molar-refractivity contribution is 7.89. The molecule has 1 amide bonds. The van der Waals surface area contributed by atoms with Crippen LogP contribution >= 0.6 is 0 Å². The molecule has 1 aromatic carbocycles. The summed E-state index contributed by atoms with van der Waals surface area (Å²) in [6.07, 6.45) is 4.98. The van der Waals surface area contributed by atoms with Crippen molar-refractivity contribution in [2.75, 3.05) is 26.2 Å². The van der Waals surface area contributed by atoms with Gasteiger partial charge in [-0.1, -0.05) is 12.1 Å². The topological polar surface area (TPSA) is 87.9 Å². The molecule has 0 spiro atoms. The molecule has 8 nitrogen and oxygen atoms in total. The molecule has 9 heteroatoms. The molecule has 2 saturated heterocycles. The van der Waals surface area contributed by atoms with E-state index in [9.17, 15) is 13.2 Å². The van der Waals surface area contributed by atoms with Crippen molar-refractivity contribution >= 4 is 21.6 Å². The summed E-state index contributed by atoms with van der Waals surface area (Å²) < 4.78 is 29.8. The zero-order valence-electron chi connectivity index (χ0n) is 19.7. The van der Waals surface area contributed by atoms with Gasteiger partial charge in [-0.3, -0.25) is 9.20 Å². The maximum atomic E-state index is 13.4. The predicted octanol–water partition coefficient (Wildman–Crippen LogP) is 3.15. The second-order valence-corrected chi connectivity index (χ2v) is 11.5. The van der Waals surface area contributed by atoms with E-state index in [1.165, 1.54) is 4.31 Å². The molecule has 0 radical (unpaired) electrons. The van der Waals surface area contributed by atoms with Crippen molar-refractivity contribution in [2.24, 2.45) is 5.92 Å². The Labute approximate surface area is 200 Å². The van der Waals surface area contributed by atoms with Crippen LogP contribution in [0.4, 0.5) is 0 Å². The number of rotatable bonds is 4. The summed E-state index contributed by atoms with van der Waals surface area (Å²) in [6.45, 7) is 6.02. The van der Waals surface area contributed by atoms with Gasteiger partial charge in [-0.25, -0.2) is 8.42 Å². The van der Waals surface area contributed by atoms with Gasteiger partial charge in [-0.05, 0) is 74.9 Å². The van der Waals surface area contributed by atoms with Crippen LogP contribution in [0.5, 0.6) is 0 Å². The summed E-state index contributed by atoms with van der Waals surface area (Å²) in [7, 11) is -3.54. The number of nitrogens with zero attached hydrogens (tertiary/aromatic N) is 5. The van der Waals surface area contributed by atoms with E-state index in [1.807, 2.05) is 53.6 Å². The Hall–Kier alpha value is -2.78. The van der Waals surface area contributed by atoms with E-state index in [0.717, 1.165) is 42.0 Å². The zero-order chi connectivity index (χ0) is 23.9. The second-order valence-electron chi connectivity index (χ2n) is 9.53. The smallest absolute Gasteiger partial charge is 0.243 e. The van der Waals surface area contributed by atoms with Crippen LogP contribution in [-0.2, 0) is 14.8 Å². The largest absolute Gasteiger partial charge is 0.342 e. The number of hydrogen-bond acceptors (Lipinski definition) is 5. The average Bonchev–Trinajstić information content (AvgIpc) is 3.29. The molecule has 0 aliphatic carbocycles. The van der Waals surface area contributed by atoms with Crippen molar-refractivity contribution in [3.05, 3.63) is 59.5 Å². The predicted molar refractivity (Wildman–Crippen MR) is 129 cm³/mol. The Morgan fingerprint density at radius 2 is 1.76 bits per heavy atom. The lowest BCUT2D eigenvalue weighted by atomic mass is 9.92. The maximum Gasteiger partial charge on any atom is 0.243 e.